The number of amides is 1. The number of phenols is 1. The van der Waals surface area contributed by atoms with E-state index in [1.54, 1.807) is 0 Å². The smallest absolute Gasteiger partial charge is 0.406 e. The second kappa shape index (κ2) is 5.98. The average Bonchev–Trinajstić information content (AvgIpc) is 2.33. The molecule has 0 aliphatic heterocycles. The summed E-state index contributed by atoms with van der Waals surface area (Å²) >= 11 is 0. The van der Waals surface area contributed by atoms with Gasteiger partial charge in [0.15, 0.2) is 0 Å². The van der Waals surface area contributed by atoms with E-state index in [2.05, 4.69) is 0 Å². The molecule has 0 saturated heterocycles. The van der Waals surface area contributed by atoms with Crippen LogP contribution in [-0.2, 0) is 0 Å². The summed E-state index contributed by atoms with van der Waals surface area (Å²) in [5.74, 6) is -2.07. The molecule has 0 saturated carbocycles. The standard InChI is InChI=1S/C12H13F3N2O4/c1-7(2)16(6-12(13,14)15)11(19)8-4-3-5-9(10(8)18)17(20)21/h3-5,7,18H,6H2,1-2H3. The minimum Gasteiger partial charge on any atom is -0.502 e. The topological polar surface area (TPSA) is 83.7 Å². The Hall–Kier alpha value is -2.32. The molecule has 0 atom stereocenters. The van der Waals surface area contributed by atoms with Crippen LogP contribution in [0.3, 0.4) is 0 Å². The van der Waals surface area contributed by atoms with Gasteiger partial charge in [-0.1, -0.05) is 6.07 Å². The highest BCUT2D eigenvalue weighted by molar-refractivity contribution is 5.98. The third-order valence-corrected chi connectivity index (χ3v) is 2.68. The molecular weight excluding hydrogens is 293 g/mol. The van der Waals surface area contributed by atoms with E-state index < -0.39 is 46.6 Å². The molecule has 0 spiro atoms. The molecule has 0 unspecified atom stereocenters. The van der Waals surface area contributed by atoms with E-state index in [1.165, 1.54) is 13.8 Å². The van der Waals surface area contributed by atoms with Gasteiger partial charge in [0, 0.05) is 12.1 Å². The summed E-state index contributed by atoms with van der Waals surface area (Å²) in [5, 5.41) is 20.4. The van der Waals surface area contributed by atoms with E-state index in [9.17, 15) is 33.2 Å². The van der Waals surface area contributed by atoms with Crippen molar-refractivity contribution in [3.63, 3.8) is 0 Å². The lowest BCUT2D eigenvalue weighted by Crippen LogP contribution is -2.43. The fraction of sp³-hybridized carbons (Fsp3) is 0.417. The summed E-state index contributed by atoms with van der Waals surface area (Å²) in [6, 6.07) is 2.32. The number of hydrogen-bond acceptors (Lipinski definition) is 4. The predicted octanol–water partition coefficient (Wildman–Crippen LogP) is 2.71. The largest absolute Gasteiger partial charge is 0.502 e. The molecule has 0 aliphatic carbocycles. The number of nitrogens with zero attached hydrogens (tertiary/aromatic N) is 2. The Morgan fingerprint density at radius 2 is 2.00 bits per heavy atom. The zero-order valence-corrected chi connectivity index (χ0v) is 11.2. The molecule has 0 heterocycles. The van der Waals surface area contributed by atoms with Crippen LogP contribution in [0.25, 0.3) is 0 Å². The second-order valence-corrected chi connectivity index (χ2v) is 4.57. The number of halogens is 3. The Bertz CT molecular complexity index is 558. The lowest BCUT2D eigenvalue weighted by Gasteiger charge is -2.27. The summed E-state index contributed by atoms with van der Waals surface area (Å²) < 4.78 is 37.5. The molecule has 116 valence electrons. The summed E-state index contributed by atoms with van der Waals surface area (Å²) in [4.78, 5) is 22.3. The Labute approximate surface area is 117 Å². The Morgan fingerprint density at radius 3 is 2.43 bits per heavy atom. The first-order valence-electron chi connectivity index (χ1n) is 5.88. The van der Waals surface area contributed by atoms with Crippen molar-refractivity contribution in [2.75, 3.05) is 6.54 Å². The van der Waals surface area contributed by atoms with Gasteiger partial charge in [-0.15, -0.1) is 0 Å². The third-order valence-electron chi connectivity index (χ3n) is 2.68. The van der Waals surface area contributed by atoms with Gasteiger partial charge in [-0.2, -0.15) is 13.2 Å². The van der Waals surface area contributed by atoms with Crippen LogP contribution in [0.5, 0.6) is 5.75 Å². The first-order valence-corrected chi connectivity index (χ1v) is 5.88. The van der Waals surface area contributed by atoms with Crippen LogP contribution in [-0.4, -0.2) is 39.6 Å². The number of benzene rings is 1. The zero-order valence-electron chi connectivity index (χ0n) is 11.2. The first-order chi connectivity index (χ1) is 9.54. The molecule has 0 aliphatic rings. The van der Waals surface area contributed by atoms with Crippen molar-refractivity contribution in [1.82, 2.24) is 4.90 Å². The summed E-state index contributed by atoms with van der Waals surface area (Å²) in [7, 11) is 0. The van der Waals surface area contributed by atoms with Crippen molar-refractivity contribution in [1.29, 1.82) is 0 Å². The fourth-order valence-corrected chi connectivity index (χ4v) is 1.69. The highest BCUT2D eigenvalue weighted by atomic mass is 19.4. The van der Waals surface area contributed by atoms with Gasteiger partial charge in [-0.25, -0.2) is 0 Å². The van der Waals surface area contributed by atoms with Crippen LogP contribution in [0.2, 0.25) is 0 Å². The number of phenolic OH excluding ortho intramolecular Hbond substituents is 1. The van der Waals surface area contributed by atoms with Gasteiger partial charge in [-0.05, 0) is 19.9 Å². The lowest BCUT2D eigenvalue weighted by atomic mass is 10.1. The number of nitro groups is 1. The summed E-state index contributed by atoms with van der Waals surface area (Å²) in [6.45, 7) is 1.24. The Kier molecular flexibility index (Phi) is 4.77. The third kappa shape index (κ3) is 4.07. The molecule has 0 radical (unpaired) electrons. The van der Waals surface area contributed by atoms with Crippen LogP contribution >= 0.6 is 0 Å². The zero-order chi connectivity index (χ0) is 16.4. The molecule has 21 heavy (non-hydrogen) atoms. The minimum atomic E-state index is -4.61. The highest BCUT2D eigenvalue weighted by Crippen LogP contribution is 2.31. The van der Waals surface area contributed by atoms with E-state index in [0.29, 0.717) is 4.90 Å². The first kappa shape index (κ1) is 16.7. The number of para-hydroxylation sites is 1. The van der Waals surface area contributed by atoms with Crippen molar-refractivity contribution in [3.05, 3.63) is 33.9 Å². The molecule has 0 bridgehead atoms. The van der Waals surface area contributed by atoms with E-state index in [1.807, 2.05) is 0 Å². The van der Waals surface area contributed by atoms with Gasteiger partial charge in [0.1, 0.15) is 6.54 Å². The van der Waals surface area contributed by atoms with E-state index in [0.717, 1.165) is 18.2 Å². The van der Waals surface area contributed by atoms with E-state index in [-0.39, 0.29) is 0 Å². The summed E-state index contributed by atoms with van der Waals surface area (Å²) in [6.07, 6.45) is -4.61. The molecule has 0 aromatic heterocycles. The molecule has 1 amide bonds. The van der Waals surface area contributed by atoms with E-state index >= 15 is 0 Å². The number of rotatable bonds is 4. The van der Waals surface area contributed by atoms with Gasteiger partial charge < -0.3 is 10.0 Å². The van der Waals surface area contributed by atoms with Crippen molar-refractivity contribution in [2.45, 2.75) is 26.1 Å². The highest BCUT2D eigenvalue weighted by Gasteiger charge is 2.36. The van der Waals surface area contributed by atoms with Gasteiger partial charge in [-0.3, -0.25) is 14.9 Å². The molecule has 1 rings (SSSR count). The molecule has 0 fully saturated rings. The number of hydrogen-bond donors (Lipinski definition) is 1. The second-order valence-electron chi connectivity index (χ2n) is 4.57. The molecular formula is C12H13F3N2O4. The lowest BCUT2D eigenvalue weighted by molar-refractivity contribution is -0.385. The molecule has 1 aromatic carbocycles. The fourth-order valence-electron chi connectivity index (χ4n) is 1.69. The van der Waals surface area contributed by atoms with Gasteiger partial charge in [0.25, 0.3) is 5.91 Å². The Morgan fingerprint density at radius 1 is 1.43 bits per heavy atom. The maximum absolute atomic E-state index is 12.5. The van der Waals surface area contributed by atoms with Crippen LogP contribution < -0.4 is 0 Å². The van der Waals surface area contributed by atoms with Gasteiger partial charge >= 0.3 is 11.9 Å². The number of nitro benzene ring substituents is 1. The number of carbonyl (C=O) groups is 1. The van der Waals surface area contributed by atoms with Crippen molar-refractivity contribution in [2.24, 2.45) is 0 Å². The maximum atomic E-state index is 12.5. The van der Waals surface area contributed by atoms with Crippen LogP contribution in [0, 0.1) is 10.1 Å². The monoisotopic (exact) mass is 306 g/mol. The Balaban J connectivity index is 3.22. The normalized spacial score (nSPS) is 11.5. The molecule has 1 aromatic rings. The average molecular weight is 306 g/mol. The molecule has 1 N–H and O–H groups in total. The van der Waals surface area contributed by atoms with Crippen LogP contribution in [0.4, 0.5) is 18.9 Å². The van der Waals surface area contributed by atoms with Crippen LogP contribution in [0.1, 0.15) is 24.2 Å². The predicted molar refractivity (Wildman–Crippen MR) is 67.0 cm³/mol. The molecule has 6 nitrogen and oxygen atoms in total. The summed E-state index contributed by atoms with van der Waals surface area (Å²) in [5.41, 5.74) is -1.28. The van der Waals surface area contributed by atoms with Crippen molar-refractivity contribution in [3.8, 4) is 5.75 Å². The van der Waals surface area contributed by atoms with Gasteiger partial charge in [0.05, 0.1) is 10.5 Å². The minimum absolute atomic E-state index is 0.485. The van der Waals surface area contributed by atoms with E-state index in [4.69, 9.17) is 0 Å². The molecule has 9 heteroatoms. The number of alkyl halides is 3. The van der Waals surface area contributed by atoms with Crippen molar-refractivity contribution >= 4 is 11.6 Å². The number of aromatic hydroxyl groups is 1. The maximum Gasteiger partial charge on any atom is 0.406 e. The van der Waals surface area contributed by atoms with Gasteiger partial charge in [0.2, 0.25) is 5.75 Å². The number of carbonyl (C=O) groups excluding carboxylic acids is 1. The quantitative estimate of drug-likeness (QED) is 0.684. The van der Waals surface area contributed by atoms with Crippen molar-refractivity contribution < 1.29 is 28.0 Å². The SMILES string of the molecule is CC(C)N(CC(F)(F)F)C(=O)c1cccc([N+](=O)[O-])c1O. The van der Waals surface area contributed by atoms with Crippen LogP contribution in [0.15, 0.2) is 18.2 Å².